The molecule has 2 rings (SSSR count). The van der Waals surface area contributed by atoms with Crippen LogP contribution in [0.1, 0.15) is 23.2 Å². The van der Waals surface area contributed by atoms with Gasteiger partial charge in [-0.05, 0) is 31.0 Å². The van der Waals surface area contributed by atoms with Crippen LogP contribution in [0.5, 0.6) is 5.75 Å². The van der Waals surface area contributed by atoms with Crippen molar-refractivity contribution in [2.24, 2.45) is 5.73 Å². The van der Waals surface area contributed by atoms with Crippen molar-refractivity contribution >= 4 is 23.4 Å². The number of ether oxygens (including phenoxy) is 2. The molecule has 1 aromatic carbocycles. The lowest BCUT2D eigenvalue weighted by atomic mass is 10.1. The van der Waals surface area contributed by atoms with Crippen molar-refractivity contribution < 1.29 is 19.1 Å². The highest BCUT2D eigenvalue weighted by atomic mass is 35.5. The third-order valence-electron chi connectivity index (χ3n) is 3.15. The van der Waals surface area contributed by atoms with Crippen molar-refractivity contribution in [1.29, 1.82) is 0 Å². The summed E-state index contributed by atoms with van der Waals surface area (Å²) in [7, 11) is 0. The van der Waals surface area contributed by atoms with Gasteiger partial charge in [0.2, 0.25) is 0 Å². The number of amides is 2. The van der Waals surface area contributed by atoms with E-state index in [-0.39, 0.29) is 29.9 Å². The summed E-state index contributed by atoms with van der Waals surface area (Å²) in [6.45, 7) is 1.11. The number of nitrogens with two attached hydrogens (primary N) is 1. The minimum absolute atomic E-state index is 0.107. The molecular weight excluding hydrogens is 296 g/mol. The zero-order valence-electron chi connectivity index (χ0n) is 11.4. The summed E-state index contributed by atoms with van der Waals surface area (Å²) >= 11 is 5.80. The lowest BCUT2D eigenvalue weighted by molar-refractivity contribution is -0.124. The Kier molecular flexibility index (Phi) is 5.41. The lowest BCUT2D eigenvalue weighted by Crippen LogP contribution is -2.41. The molecule has 1 aliphatic rings. The molecule has 0 bridgehead atoms. The maximum Gasteiger partial charge on any atom is 0.258 e. The Morgan fingerprint density at radius 1 is 1.38 bits per heavy atom. The molecule has 7 heteroatoms. The van der Waals surface area contributed by atoms with E-state index in [0.717, 1.165) is 12.8 Å². The Hall–Kier alpha value is -1.79. The highest BCUT2D eigenvalue weighted by molar-refractivity contribution is 6.31. The van der Waals surface area contributed by atoms with Gasteiger partial charge in [0.15, 0.2) is 6.61 Å². The van der Waals surface area contributed by atoms with Crippen molar-refractivity contribution in [3.8, 4) is 5.75 Å². The van der Waals surface area contributed by atoms with Gasteiger partial charge in [-0.1, -0.05) is 11.6 Å². The second-order valence-corrected chi connectivity index (χ2v) is 5.18. The molecule has 3 N–H and O–H groups in total. The SMILES string of the molecule is NC(=O)c1cc(Cl)ccc1OCC(=O)NC1CCOCC1. The summed E-state index contributed by atoms with van der Waals surface area (Å²) in [5.74, 6) is -0.654. The summed E-state index contributed by atoms with van der Waals surface area (Å²) in [6, 6.07) is 4.61. The Bertz CT molecular complexity index is 530. The van der Waals surface area contributed by atoms with Crippen LogP contribution in [0.25, 0.3) is 0 Å². The van der Waals surface area contributed by atoms with Gasteiger partial charge in [-0.15, -0.1) is 0 Å². The minimum Gasteiger partial charge on any atom is -0.483 e. The van der Waals surface area contributed by atoms with E-state index in [1.165, 1.54) is 12.1 Å². The highest BCUT2D eigenvalue weighted by Crippen LogP contribution is 2.22. The average molecular weight is 313 g/mol. The molecule has 0 atom stereocenters. The van der Waals surface area contributed by atoms with Crippen LogP contribution in [0.4, 0.5) is 0 Å². The van der Waals surface area contributed by atoms with Crippen LogP contribution in [0, 0.1) is 0 Å². The molecular formula is C14H17ClN2O4. The number of nitrogens with one attached hydrogen (secondary N) is 1. The van der Waals surface area contributed by atoms with E-state index >= 15 is 0 Å². The van der Waals surface area contributed by atoms with Gasteiger partial charge in [-0.25, -0.2) is 0 Å². The second-order valence-electron chi connectivity index (χ2n) is 4.75. The number of primary amides is 1. The van der Waals surface area contributed by atoms with Crippen LogP contribution in [-0.4, -0.2) is 37.7 Å². The van der Waals surface area contributed by atoms with Gasteiger partial charge >= 0.3 is 0 Å². The summed E-state index contributed by atoms with van der Waals surface area (Å²) in [5, 5.41) is 3.24. The van der Waals surface area contributed by atoms with Crippen molar-refractivity contribution in [2.75, 3.05) is 19.8 Å². The van der Waals surface area contributed by atoms with E-state index in [4.69, 9.17) is 26.8 Å². The van der Waals surface area contributed by atoms with E-state index in [0.29, 0.717) is 18.2 Å². The predicted octanol–water partition coefficient (Wildman–Crippen LogP) is 1.11. The molecule has 0 radical (unpaired) electrons. The molecule has 114 valence electrons. The van der Waals surface area contributed by atoms with Crippen molar-refractivity contribution in [2.45, 2.75) is 18.9 Å². The molecule has 1 saturated heterocycles. The van der Waals surface area contributed by atoms with Gasteiger partial charge in [0.05, 0.1) is 5.56 Å². The summed E-state index contributed by atoms with van der Waals surface area (Å²) < 4.78 is 10.6. The van der Waals surface area contributed by atoms with Crippen LogP contribution in [0.15, 0.2) is 18.2 Å². The number of carbonyl (C=O) groups is 2. The maximum atomic E-state index is 11.8. The minimum atomic E-state index is -0.655. The maximum absolute atomic E-state index is 11.8. The molecule has 0 aromatic heterocycles. The van der Waals surface area contributed by atoms with Crippen molar-refractivity contribution in [3.63, 3.8) is 0 Å². The average Bonchev–Trinajstić information content (AvgIpc) is 2.47. The molecule has 21 heavy (non-hydrogen) atoms. The predicted molar refractivity (Wildman–Crippen MR) is 77.4 cm³/mol. The van der Waals surface area contributed by atoms with E-state index < -0.39 is 5.91 Å². The number of benzene rings is 1. The van der Waals surface area contributed by atoms with Crippen molar-refractivity contribution in [1.82, 2.24) is 5.32 Å². The van der Waals surface area contributed by atoms with Crippen LogP contribution in [-0.2, 0) is 9.53 Å². The normalized spacial score (nSPS) is 15.5. The first-order valence-corrected chi connectivity index (χ1v) is 7.03. The molecule has 1 aliphatic heterocycles. The fourth-order valence-corrected chi connectivity index (χ4v) is 2.25. The first-order chi connectivity index (χ1) is 10.1. The number of carbonyl (C=O) groups excluding carboxylic acids is 2. The number of hydrogen-bond acceptors (Lipinski definition) is 4. The number of hydrogen-bond donors (Lipinski definition) is 2. The summed E-state index contributed by atoms with van der Waals surface area (Å²) in [6.07, 6.45) is 1.58. The van der Waals surface area contributed by atoms with Crippen LogP contribution in [0.2, 0.25) is 5.02 Å². The van der Waals surface area contributed by atoms with Gasteiger partial charge in [-0.2, -0.15) is 0 Å². The molecule has 0 unspecified atom stereocenters. The largest absolute Gasteiger partial charge is 0.483 e. The van der Waals surface area contributed by atoms with Gasteiger partial charge in [0, 0.05) is 24.3 Å². The smallest absolute Gasteiger partial charge is 0.258 e. The van der Waals surface area contributed by atoms with E-state index in [1.54, 1.807) is 6.07 Å². The Balaban J connectivity index is 1.90. The molecule has 1 aromatic rings. The molecule has 6 nitrogen and oxygen atoms in total. The van der Waals surface area contributed by atoms with Gasteiger partial charge in [0.1, 0.15) is 5.75 Å². The van der Waals surface area contributed by atoms with Gasteiger partial charge in [0.25, 0.3) is 11.8 Å². The quantitative estimate of drug-likeness (QED) is 0.852. The van der Waals surface area contributed by atoms with E-state index in [1.807, 2.05) is 0 Å². The monoisotopic (exact) mass is 312 g/mol. The highest BCUT2D eigenvalue weighted by Gasteiger charge is 2.17. The first-order valence-electron chi connectivity index (χ1n) is 6.65. The molecule has 1 fully saturated rings. The number of rotatable bonds is 5. The molecule has 0 spiro atoms. The fourth-order valence-electron chi connectivity index (χ4n) is 2.08. The van der Waals surface area contributed by atoms with Crippen molar-refractivity contribution in [3.05, 3.63) is 28.8 Å². The third-order valence-corrected chi connectivity index (χ3v) is 3.39. The Morgan fingerprint density at radius 2 is 2.10 bits per heavy atom. The third kappa shape index (κ3) is 4.61. The second kappa shape index (κ2) is 7.28. The first kappa shape index (κ1) is 15.6. The van der Waals surface area contributed by atoms with Gasteiger partial charge < -0.3 is 20.5 Å². The topological polar surface area (TPSA) is 90.7 Å². The molecule has 0 saturated carbocycles. The Labute approximate surface area is 127 Å². The molecule has 2 amide bonds. The summed E-state index contributed by atoms with van der Waals surface area (Å²) in [5.41, 5.74) is 5.40. The van der Waals surface area contributed by atoms with Gasteiger partial charge in [-0.3, -0.25) is 9.59 Å². The van der Waals surface area contributed by atoms with E-state index in [9.17, 15) is 9.59 Å². The van der Waals surface area contributed by atoms with Crippen LogP contribution < -0.4 is 15.8 Å². The van der Waals surface area contributed by atoms with E-state index in [2.05, 4.69) is 5.32 Å². The lowest BCUT2D eigenvalue weighted by Gasteiger charge is -2.23. The van der Waals surface area contributed by atoms with Crippen LogP contribution in [0.3, 0.4) is 0 Å². The fraction of sp³-hybridized carbons (Fsp3) is 0.429. The zero-order chi connectivity index (χ0) is 15.2. The standard InChI is InChI=1S/C14H17ClN2O4/c15-9-1-2-12(11(7-9)14(16)19)21-8-13(18)17-10-3-5-20-6-4-10/h1-2,7,10H,3-6,8H2,(H2,16,19)(H,17,18). The molecule has 1 heterocycles. The molecule has 0 aliphatic carbocycles. The zero-order valence-corrected chi connectivity index (χ0v) is 12.2. The Morgan fingerprint density at radius 3 is 2.76 bits per heavy atom. The number of halogens is 1. The summed E-state index contributed by atoms with van der Waals surface area (Å²) in [4.78, 5) is 23.1. The van der Waals surface area contributed by atoms with Crippen LogP contribution >= 0.6 is 11.6 Å².